The Morgan fingerprint density at radius 3 is 2.44 bits per heavy atom. The Hall–Kier alpha value is -2.34. The van der Waals surface area contributed by atoms with E-state index in [0.717, 1.165) is 29.7 Å². The first-order chi connectivity index (χ1) is 13.1. The maximum atomic E-state index is 12.1. The smallest absolute Gasteiger partial charge is 0.220 e. The first kappa shape index (κ1) is 21.0. The van der Waals surface area contributed by atoms with Gasteiger partial charge in [-0.15, -0.1) is 0 Å². The van der Waals surface area contributed by atoms with Crippen LogP contribution in [0, 0.1) is 0 Å². The minimum absolute atomic E-state index is 0.0287. The Bertz CT molecular complexity index is 749. The zero-order valence-electron chi connectivity index (χ0n) is 15.9. The van der Waals surface area contributed by atoms with Crippen LogP contribution in [-0.2, 0) is 22.0 Å². The lowest BCUT2D eigenvalue weighted by Gasteiger charge is -2.10. The van der Waals surface area contributed by atoms with Crippen LogP contribution in [-0.4, -0.2) is 36.6 Å². The van der Waals surface area contributed by atoms with Crippen LogP contribution < -0.4 is 14.8 Å². The van der Waals surface area contributed by atoms with Gasteiger partial charge in [0, 0.05) is 23.6 Å². The number of unbranched alkanes of at least 4 members (excludes halogenated alkanes) is 1. The van der Waals surface area contributed by atoms with Gasteiger partial charge in [-0.3, -0.25) is 9.00 Å². The van der Waals surface area contributed by atoms with Crippen molar-refractivity contribution in [1.29, 1.82) is 0 Å². The molecule has 146 valence electrons. The van der Waals surface area contributed by atoms with Gasteiger partial charge in [0.05, 0.1) is 25.0 Å². The van der Waals surface area contributed by atoms with Gasteiger partial charge >= 0.3 is 0 Å². The van der Waals surface area contributed by atoms with Crippen molar-refractivity contribution in [1.82, 2.24) is 5.32 Å². The van der Waals surface area contributed by atoms with Crippen molar-refractivity contribution in [2.45, 2.75) is 30.6 Å². The second-order valence-corrected chi connectivity index (χ2v) is 7.68. The zero-order valence-corrected chi connectivity index (χ0v) is 16.7. The summed E-state index contributed by atoms with van der Waals surface area (Å²) in [6.07, 6.45) is 2.69. The Balaban J connectivity index is 1.63. The Morgan fingerprint density at radius 1 is 1.00 bits per heavy atom. The van der Waals surface area contributed by atoms with E-state index in [1.54, 1.807) is 14.2 Å². The third-order valence-corrected chi connectivity index (χ3v) is 5.63. The van der Waals surface area contributed by atoms with Crippen LogP contribution in [0.1, 0.15) is 24.8 Å². The number of carbonyl (C=O) groups excluding carboxylic acids is 1. The van der Waals surface area contributed by atoms with E-state index < -0.39 is 10.8 Å². The van der Waals surface area contributed by atoms with E-state index in [1.165, 1.54) is 0 Å². The summed E-state index contributed by atoms with van der Waals surface area (Å²) in [5.41, 5.74) is 1.08. The Kier molecular flexibility index (Phi) is 8.84. The molecule has 1 amide bonds. The van der Waals surface area contributed by atoms with Gasteiger partial charge in [0.1, 0.15) is 0 Å². The van der Waals surface area contributed by atoms with Crippen molar-refractivity contribution in [3.63, 3.8) is 0 Å². The molecule has 2 aromatic carbocycles. The molecule has 1 unspecified atom stereocenters. The zero-order chi connectivity index (χ0) is 19.5. The summed E-state index contributed by atoms with van der Waals surface area (Å²) < 4.78 is 22.6. The number of carbonyl (C=O) groups is 1. The van der Waals surface area contributed by atoms with E-state index in [1.807, 2.05) is 48.5 Å². The summed E-state index contributed by atoms with van der Waals surface area (Å²) in [4.78, 5) is 12.8. The molecule has 0 spiro atoms. The van der Waals surface area contributed by atoms with Gasteiger partial charge in [-0.2, -0.15) is 0 Å². The number of ether oxygens (including phenoxy) is 2. The third-order valence-electron chi connectivity index (χ3n) is 4.17. The molecule has 0 heterocycles. The van der Waals surface area contributed by atoms with Gasteiger partial charge in [0.15, 0.2) is 11.5 Å². The van der Waals surface area contributed by atoms with Crippen LogP contribution in [0.3, 0.4) is 0 Å². The predicted molar refractivity (Wildman–Crippen MR) is 108 cm³/mol. The summed E-state index contributed by atoms with van der Waals surface area (Å²) in [5, 5.41) is 2.93. The fourth-order valence-corrected chi connectivity index (χ4v) is 3.84. The van der Waals surface area contributed by atoms with E-state index in [2.05, 4.69) is 5.32 Å². The Labute approximate surface area is 163 Å². The molecule has 0 aliphatic rings. The first-order valence-electron chi connectivity index (χ1n) is 9.05. The SMILES string of the molecule is COc1ccc(CCNC(=O)CCCCS(=O)c2ccccc2)cc1OC. The van der Waals surface area contributed by atoms with Gasteiger partial charge in [-0.05, 0) is 49.1 Å². The third kappa shape index (κ3) is 7.06. The summed E-state index contributed by atoms with van der Waals surface area (Å²) in [6, 6.07) is 15.2. The monoisotopic (exact) mass is 389 g/mol. The number of hydrogen-bond donors (Lipinski definition) is 1. The molecule has 1 atom stereocenters. The van der Waals surface area contributed by atoms with Gasteiger partial charge in [0.25, 0.3) is 0 Å². The minimum Gasteiger partial charge on any atom is -0.493 e. The molecule has 0 aromatic heterocycles. The fraction of sp³-hybridized carbons (Fsp3) is 0.381. The van der Waals surface area contributed by atoms with Crippen molar-refractivity contribution in [3.8, 4) is 11.5 Å². The normalized spacial score (nSPS) is 11.6. The Morgan fingerprint density at radius 2 is 1.74 bits per heavy atom. The molecular formula is C21H27NO4S. The van der Waals surface area contributed by atoms with Crippen LogP contribution in [0.2, 0.25) is 0 Å². The highest BCUT2D eigenvalue weighted by molar-refractivity contribution is 7.85. The summed E-state index contributed by atoms with van der Waals surface area (Å²) in [6.45, 7) is 0.574. The lowest BCUT2D eigenvalue weighted by Crippen LogP contribution is -2.25. The van der Waals surface area contributed by atoms with Crippen molar-refractivity contribution in [3.05, 3.63) is 54.1 Å². The molecular weight excluding hydrogens is 362 g/mol. The van der Waals surface area contributed by atoms with E-state index in [4.69, 9.17) is 9.47 Å². The van der Waals surface area contributed by atoms with Crippen molar-refractivity contribution < 1.29 is 18.5 Å². The maximum Gasteiger partial charge on any atom is 0.220 e. The quantitative estimate of drug-likeness (QED) is 0.599. The molecule has 1 N–H and O–H groups in total. The molecule has 0 saturated carbocycles. The second kappa shape index (κ2) is 11.4. The van der Waals surface area contributed by atoms with Crippen LogP contribution in [0.5, 0.6) is 11.5 Å². The van der Waals surface area contributed by atoms with Crippen LogP contribution in [0.4, 0.5) is 0 Å². The lowest BCUT2D eigenvalue weighted by molar-refractivity contribution is -0.121. The molecule has 2 aromatic rings. The molecule has 0 aliphatic carbocycles. The highest BCUT2D eigenvalue weighted by Gasteiger charge is 2.07. The first-order valence-corrected chi connectivity index (χ1v) is 10.4. The van der Waals surface area contributed by atoms with Crippen LogP contribution in [0.15, 0.2) is 53.4 Å². The van der Waals surface area contributed by atoms with E-state index in [-0.39, 0.29) is 5.91 Å². The molecule has 0 radical (unpaired) electrons. The summed E-state index contributed by atoms with van der Waals surface area (Å²) >= 11 is 0. The average molecular weight is 390 g/mol. The molecule has 6 heteroatoms. The van der Waals surface area contributed by atoms with Crippen molar-refractivity contribution in [2.75, 3.05) is 26.5 Å². The maximum absolute atomic E-state index is 12.1. The number of hydrogen-bond acceptors (Lipinski definition) is 4. The second-order valence-electron chi connectivity index (χ2n) is 6.11. The summed E-state index contributed by atoms with van der Waals surface area (Å²) in [7, 11) is 2.22. The molecule has 0 saturated heterocycles. The van der Waals surface area contributed by atoms with Crippen LogP contribution in [0.25, 0.3) is 0 Å². The number of nitrogens with one attached hydrogen (secondary N) is 1. The van der Waals surface area contributed by atoms with Crippen molar-refractivity contribution >= 4 is 16.7 Å². The van der Waals surface area contributed by atoms with Crippen molar-refractivity contribution in [2.24, 2.45) is 0 Å². The van der Waals surface area contributed by atoms with Crippen LogP contribution >= 0.6 is 0 Å². The molecule has 0 bridgehead atoms. The number of rotatable bonds is 11. The lowest BCUT2D eigenvalue weighted by atomic mass is 10.1. The highest BCUT2D eigenvalue weighted by Crippen LogP contribution is 2.27. The van der Waals surface area contributed by atoms with Gasteiger partial charge in [-0.25, -0.2) is 0 Å². The molecule has 0 fully saturated rings. The van der Waals surface area contributed by atoms with E-state index in [0.29, 0.717) is 30.2 Å². The fourth-order valence-electron chi connectivity index (χ4n) is 2.68. The summed E-state index contributed by atoms with van der Waals surface area (Å²) in [5.74, 6) is 2.00. The molecule has 27 heavy (non-hydrogen) atoms. The number of methoxy groups -OCH3 is 2. The molecule has 2 rings (SSSR count). The average Bonchev–Trinajstić information content (AvgIpc) is 2.71. The van der Waals surface area contributed by atoms with E-state index >= 15 is 0 Å². The van der Waals surface area contributed by atoms with Gasteiger partial charge in [-0.1, -0.05) is 24.3 Å². The topological polar surface area (TPSA) is 64.6 Å². The largest absolute Gasteiger partial charge is 0.493 e. The predicted octanol–water partition coefficient (Wildman–Crippen LogP) is 3.34. The van der Waals surface area contributed by atoms with Gasteiger partial charge < -0.3 is 14.8 Å². The molecule has 0 aliphatic heterocycles. The molecule has 5 nitrogen and oxygen atoms in total. The van der Waals surface area contributed by atoms with E-state index in [9.17, 15) is 9.00 Å². The highest BCUT2D eigenvalue weighted by atomic mass is 32.2. The van der Waals surface area contributed by atoms with Gasteiger partial charge in [0.2, 0.25) is 5.91 Å². The number of amides is 1. The minimum atomic E-state index is -0.988. The number of benzene rings is 2. The standard InChI is InChI=1S/C21H27NO4S/c1-25-19-12-11-17(16-20(19)26-2)13-14-22-21(23)10-6-7-15-27(24)18-8-4-3-5-9-18/h3-5,8-9,11-12,16H,6-7,10,13-15H2,1-2H3,(H,22,23).